The first-order chi connectivity index (χ1) is 9.79. The Morgan fingerprint density at radius 2 is 2.15 bits per heavy atom. The van der Waals surface area contributed by atoms with E-state index in [1.54, 1.807) is 7.11 Å². The van der Waals surface area contributed by atoms with Crippen molar-refractivity contribution in [2.75, 3.05) is 27.1 Å². The van der Waals surface area contributed by atoms with Gasteiger partial charge in [-0.1, -0.05) is 6.07 Å². The number of carbonyl (C=O) groups excluding carboxylic acids is 1. The van der Waals surface area contributed by atoms with Crippen LogP contribution in [0, 0.1) is 0 Å². The van der Waals surface area contributed by atoms with Crippen LogP contribution in [-0.2, 0) is 16.0 Å². The van der Waals surface area contributed by atoms with Crippen molar-refractivity contribution in [2.45, 2.75) is 25.7 Å². The smallest absolute Gasteiger partial charge is 0.231 e. The molecule has 0 unspecified atom stereocenters. The lowest BCUT2D eigenvalue weighted by molar-refractivity contribution is -0.121. The lowest BCUT2D eigenvalue weighted by Gasteiger charge is -2.06. The van der Waals surface area contributed by atoms with E-state index in [4.69, 9.17) is 14.2 Å². The van der Waals surface area contributed by atoms with E-state index in [9.17, 15) is 4.79 Å². The molecule has 0 atom stereocenters. The number of amides is 1. The molecule has 5 nitrogen and oxygen atoms in total. The lowest BCUT2D eigenvalue weighted by Crippen LogP contribution is -2.25. The quantitative estimate of drug-likeness (QED) is 0.738. The average molecular weight is 279 g/mol. The molecule has 110 valence electrons. The molecule has 0 saturated carbocycles. The number of unbranched alkanes of at least 4 members (excludes halogenated alkanes) is 1. The highest BCUT2D eigenvalue weighted by atomic mass is 16.7. The summed E-state index contributed by atoms with van der Waals surface area (Å²) in [6, 6.07) is 5.87. The second-order valence-electron chi connectivity index (χ2n) is 4.74. The molecule has 1 aliphatic heterocycles. The van der Waals surface area contributed by atoms with E-state index in [0.29, 0.717) is 19.6 Å². The fourth-order valence-corrected chi connectivity index (χ4v) is 2.06. The molecule has 1 aromatic carbocycles. The van der Waals surface area contributed by atoms with Crippen LogP contribution in [0.2, 0.25) is 0 Å². The molecule has 0 saturated heterocycles. The Morgan fingerprint density at radius 3 is 3.00 bits per heavy atom. The van der Waals surface area contributed by atoms with E-state index in [-0.39, 0.29) is 12.7 Å². The minimum absolute atomic E-state index is 0.0989. The summed E-state index contributed by atoms with van der Waals surface area (Å²) in [5.74, 6) is 1.67. The van der Waals surface area contributed by atoms with E-state index in [1.807, 2.05) is 18.2 Å². The van der Waals surface area contributed by atoms with Crippen molar-refractivity contribution in [2.24, 2.45) is 0 Å². The SMILES string of the molecule is COCCCCC(=O)NCCc1ccc2c(c1)OCO2. The number of rotatable bonds is 8. The molecule has 0 spiro atoms. The monoisotopic (exact) mass is 279 g/mol. The zero-order chi connectivity index (χ0) is 14.2. The van der Waals surface area contributed by atoms with E-state index >= 15 is 0 Å². The van der Waals surface area contributed by atoms with Crippen LogP contribution in [0.5, 0.6) is 11.5 Å². The van der Waals surface area contributed by atoms with E-state index in [0.717, 1.165) is 36.3 Å². The van der Waals surface area contributed by atoms with Crippen molar-refractivity contribution in [1.29, 1.82) is 0 Å². The van der Waals surface area contributed by atoms with Gasteiger partial charge in [0.15, 0.2) is 11.5 Å². The van der Waals surface area contributed by atoms with Crippen LogP contribution in [0.25, 0.3) is 0 Å². The van der Waals surface area contributed by atoms with Gasteiger partial charge in [0.1, 0.15) is 0 Å². The Bertz CT molecular complexity index is 447. The minimum atomic E-state index is 0.0989. The standard InChI is InChI=1S/C15H21NO4/c1-18-9-3-2-4-15(17)16-8-7-12-5-6-13-14(10-12)20-11-19-13/h5-6,10H,2-4,7-9,11H2,1H3,(H,16,17). The summed E-state index contributed by atoms with van der Waals surface area (Å²) in [7, 11) is 1.67. The van der Waals surface area contributed by atoms with E-state index in [1.165, 1.54) is 0 Å². The van der Waals surface area contributed by atoms with Gasteiger partial charge in [0, 0.05) is 26.7 Å². The Balaban J connectivity index is 1.64. The summed E-state index contributed by atoms with van der Waals surface area (Å²) < 4.78 is 15.5. The molecule has 2 rings (SSSR count). The van der Waals surface area contributed by atoms with E-state index < -0.39 is 0 Å². The van der Waals surface area contributed by atoms with Crippen molar-refractivity contribution in [3.05, 3.63) is 23.8 Å². The van der Waals surface area contributed by atoms with Crippen molar-refractivity contribution >= 4 is 5.91 Å². The number of hydrogen-bond donors (Lipinski definition) is 1. The molecule has 1 N–H and O–H groups in total. The summed E-state index contributed by atoms with van der Waals surface area (Å²) in [6.45, 7) is 1.64. The molecular formula is C15H21NO4. The Labute approximate surface area is 119 Å². The van der Waals surface area contributed by atoms with E-state index in [2.05, 4.69) is 5.32 Å². The van der Waals surface area contributed by atoms with Crippen molar-refractivity contribution in [3.8, 4) is 11.5 Å². The molecule has 20 heavy (non-hydrogen) atoms. The molecule has 5 heteroatoms. The number of benzene rings is 1. The lowest BCUT2D eigenvalue weighted by atomic mass is 10.1. The summed E-state index contributed by atoms with van der Waals surface area (Å²) in [5.41, 5.74) is 1.13. The van der Waals surface area contributed by atoms with Gasteiger partial charge in [-0.2, -0.15) is 0 Å². The highest BCUT2D eigenvalue weighted by Crippen LogP contribution is 2.32. The van der Waals surface area contributed by atoms with Gasteiger partial charge in [-0.3, -0.25) is 4.79 Å². The molecule has 0 radical (unpaired) electrons. The van der Waals surface area contributed by atoms with Crippen LogP contribution < -0.4 is 14.8 Å². The Kier molecular flexibility index (Phi) is 5.68. The van der Waals surface area contributed by atoms with Gasteiger partial charge in [0.25, 0.3) is 0 Å². The number of ether oxygens (including phenoxy) is 3. The summed E-state index contributed by atoms with van der Waals surface area (Å²) in [5, 5.41) is 2.92. The van der Waals surface area contributed by atoms with Crippen LogP contribution in [0.1, 0.15) is 24.8 Å². The number of methoxy groups -OCH3 is 1. The largest absolute Gasteiger partial charge is 0.454 e. The Morgan fingerprint density at radius 1 is 1.30 bits per heavy atom. The van der Waals surface area contributed by atoms with Gasteiger partial charge in [-0.25, -0.2) is 0 Å². The van der Waals surface area contributed by atoms with Gasteiger partial charge in [0.05, 0.1) is 0 Å². The van der Waals surface area contributed by atoms with Gasteiger partial charge in [-0.05, 0) is 37.0 Å². The third-order valence-corrected chi connectivity index (χ3v) is 3.18. The summed E-state index contributed by atoms with van der Waals surface area (Å²) in [4.78, 5) is 11.6. The van der Waals surface area contributed by atoms with Crippen LogP contribution in [0.4, 0.5) is 0 Å². The second-order valence-corrected chi connectivity index (χ2v) is 4.74. The highest BCUT2D eigenvalue weighted by Gasteiger charge is 2.12. The fourth-order valence-electron chi connectivity index (χ4n) is 2.06. The van der Waals surface area contributed by atoms with Crippen LogP contribution in [0.15, 0.2) is 18.2 Å². The molecule has 1 aromatic rings. The molecule has 1 aliphatic rings. The van der Waals surface area contributed by atoms with Crippen LogP contribution in [-0.4, -0.2) is 33.0 Å². The molecule has 1 heterocycles. The maximum atomic E-state index is 11.6. The highest BCUT2D eigenvalue weighted by molar-refractivity contribution is 5.75. The molecule has 1 amide bonds. The van der Waals surface area contributed by atoms with Gasteiger partial charge in [0.2, 0.25) is 12.7 Å². The molecule has 0 bridgehead atoms. The van der Waals surface area contributed by atoms with Crippen LogP contribution >= 0.6 is 0 Å². The third kappa shape index (κ3) is 4.42. The maximum Gasteiger partial charge on any atom is 0.231 e. The normalized spacial score (nSPS) is 12.4. The predicted molar refractivity (Wildman–Crippen MR) is 75.0 cm³/mol. The third-order valence-electron chi connectivity index (χ3n) is 3.18. The molecule has 0 aliphatic carbocycles. The zero-order valence-corrected chi connectivity index (χ0v) is 11.8. The minimum Gasteiger partial charge on any atom is -0.454 e. The van der Waals surface area contributed by atoms with Gasteiger partial charge < -0.3 is 19.5 Å². The first-order valence-corrected chi connectivity index (χ1v) is 6.94. The van der Waals surface area contributed by atoms with Crippen molar-refractivity contribution < 1.29 is 19.0 Å². The second kappa shape index (κ2) is 7.75. The molecule has 0 aromatic heterocycles. The summed E-state index contributed by atoms with van der Waals surface area (Å²) in [6.07, 6.45) is 3.14. The number of carbonyl (C=O) groups is 1. The number of hydrogen-bond acceptors (Lipinski definition) is 4. The summed E-state index contributed by atoms with van der Waals surface area (Å²) >= 11 is 0. The fraction of sp³-hybridized carbons (Fsp3) is 0.533. The van der Waals surface area contributed by atoms with Crippen molar-refractivity contribution in [1.82, 2.24) is 5.32 Å². The maximum absolute atomic E-state index is 11.6. The predicted octanol–water partition coefficient (Wildman–Crippen LogP) is 1.89. The van der Waals surface area contributed by atoms with Crippen molar-refractivity contribution in [3.63, 3.8) is 0 Å². The average Bonchev–Trinajstić information content (AvgIpc) is 2.91. The number of nitrogens with one attached hydrogen (secondary N) is 1. The van der Waals surface area contributed by atoms with Crippen LogP contribution in [0.3, 0.4) is 0 Å². The topological polar surface area (TPSA) is 56.8 Å². The van der Waals surface area contributed by atoms with Gasteiger partial charge in [-0.15, -0.1) is 0 Å². The molecule has 0 fully saturated rings. The first kappa shape index (κ1) is 14.7. The zero-order valence-electron chi connectivity index (χ0n) is 11.8. The number of fused-ring (bicyclic) bond motifs is 1. The molecular weight excluding hydrogens is 258 g/mol. The first-order valence-electron chi connectivity index (χ1n) is 6.94. The Hall–Kier alpha value is -1.75. The van der Waals surface area contributed by atoms with Gasteiger partial charge >= 0.3 is 0 Å².